The van der Waals surface area contributed by atoms with Gasteiger partial charge in [0, 0.05) is 6.42 Å². The number of carbonyl (C=O) groups excluding carboxylic acids is 2. The first-order valence-electron chi connectivity index (χ1n) is 32.7. The number of ether oxygens (including phenoxy) is 3. The molecule has 6 N–H and O–H groups in total. The van der Waals surface area contributed by atoms with Gasteiger partial charge in [-0.15, -0.1) is 0 Å². The number of rotatable bonds is 54. The predicted octanol–water partition coefficient (Wildman–Crippen LogP) is 16.1. The second-order valence-corrected chi connectivity index (χ2v) is 22.1. The lowest BCUT2D eigenvalue weighted by molar-refractivity contribution is -0.305. The van der Waals surface area contributed by atoms with Crippen molar-refractivity contribution in [1.82, 2.24) is 5.32 Å². The maximum absolute atomic E-state index is 13.4. The highest BCUT2D eigenvalue weighted by Gasteiger charge is 2.47. The van der Waals surface area contributed by atoms with Crippen molar-refractivity contribution in [1.29, 1.82) is 0 Å². The molecule has 0 saturated carbocycles. The number of unbranched alkanes of at least 4 members (excludes halogenated alkanes) is 24. The van der Waals surface area contributed by atoms with E-state index in [0.717, 1.165) is 128 Å². The quantitative estimate of drug-likeness (QED) is 0.0195. The highest BCUT2D eigenvalue weighted by atomic mass is 16.7. The zero-order valence-corrected chi connectivity index (χ0v) is 51.4. The van der Waals surface area contributed by atoms with E-state index in [0.29, 0.717) is 12.8 Å². The molecular weight excluding hydrogens is 1010 g/mol. The van der Waals surface area contributed by atoms with E-state index in [1.807, 2.05) is 6.08 Å². The lowest BCUT2D eigenvalue weighted by atomic mass is 9.99. The number of aliphatic hydroxyl groups excluding tert-OH is 5. The smallest absolute Gasteiger partial charge is 0.306 e. The van der Waals surface area contributed by atoms with Crippen molar-refractivity contribution in [2.75, 3.05) is 13.2 Å². The first-order chi connectivity index (χ1) is 39.7. The number of hydrogen-bond acceptors (Lipinski definition) is 10. The van der Waals surface area contributed by atoms with Crippen molar-refractivity contribution in [2.45, 2.75) is 307 Å². The molecule has 0 spiro atoms. The average Bonchev–Trinajstić information content (AvgIpc) is 3.51. The summed E-state index contributed by atoms with van der Waals surface area (Å²) in [5.41, 5.74) is 0. The molecule has 8 unspecified atom stereocenters. The summed E-state index contributed by atoms with van der Waals surface area (Å²) in [6.45, 7) is 5.62. The number of hydrogen-bond donors (Lipinski definition) is 6. The van der Waals surface area contributed by atoms with E-state index in [-0.39, 0.29) is 19.4 Å². The summed E-state index contributed by atoms with van der Waals surface area (Å²) < 4.78 is 17.6. The number of carbonyl (C=O) groups is 2. The van der Waals surface area contributed by atoms with Gasteiger partial charge in [-0.05, 0) is 109 Å². The molecule has 11 heteroatoms. The van der Waals surface area contributed by atoms with Gasteiger partial charge in [0.05, 0.1) is 25.4 Å². The predicted molar refractivity (Wildman–Crippen MR) is 338 cm³/mol. The number of amides is 1. The zero-order chi connectivity index (χ0) is 58.9. The van der Waals surface area contributed by atoms with Crippen LogP contribution in [0.15, 0.2) is 109 Å². The molecule has 8 atom stereocenters. The highest BCUT2D eigenvalue weighted by Crippen LogP contribution is 2.26. The number of nitrogens with one attached hydrogen (secondary N) is 1. The Bertz CT molecular complexity index is 1730. The minimum atomic E-state index is -1.63. The minimum absolute atomic E-state index is 0.107. The summed E-state index contributed by atoms with van der Waals surface area (Å²) in [4.78, 5) is 26.6. The summed E-state index contributed by atoms with van der Waals surface area (Å²) >= 11 is 0. The lowest BCUT2D eigenvalue weighted by Gasteiger charge is -2.41. The van der Waals surface area contributed by atoms with E-state index < -0.39 is 67.4 Å². The van der Waals surface area contributed by atoms with Crippen LogP contribution < -0.4 is 5.32 Å². The van der Waals surface area contributed by atoms with E-state index >= 15 is 0 Å². The maximum atomic E-state index is 13.4. The van der Waals surface area contributed by atoms with Crippen LogP contribution >= 0.6 is 0 Å². The van der Waals surface area contributed by atoms with Crippen LogP contribution in [0.2, 0.25) is 0 Å². The van der Waals surface area contributed by atoms with E-state index in [1.165, 1.54) is 83.5 Å². The van der Waals surface area contributed by atoms with Crippen molar-refractivity contribution >= 4 is 11.9 Å². The molecule has 1 heterocycles. The summed E-state index contributed by atoms with van der Waals surface area (Å²) in [6.07, 6.45) is 66.9. The molecule has 0 aliphatic carbocycles. The van der Waals surface area contributed by atoms with E-state index in [2.05, 4.69) is 123 Å². The molecule has 1 rings (SSSR count). The zero-order valence-electron chi connectivity index (χ0n) is 51.4. The molecule has 1 amide bonds. The Morgan fingerprint density at radius 2 is 0.889 bits per heavy atom. The molecule has 81 heavy (non-hydrogen) atoms. The van der Waals surface area contributed by atoms with Gasteiger partial charge in [-0.3, -0.25) is 9.59 Å². The minimum Gasteiger partial charge on any atom is -0.454 e. The van der Waals surface area contributed by atoms with Crippen LogP contribution in [0.1, 0.15) is 258 Å². The normalized spacial score (nSPS) is 19.4. The molecule has 11 nitrogen and oxygen atoms in total. The third kappa shape index (κ3) is 44.5. The van der Waals surface area contributed by atoms with E-state index in [1.54, 1.807) is 6.08 Å². The van der Waals surface area contributed by atoms with Crippen LogP contribution in [-0.2, 0) is 23.8 Å². The van der Waals surface area contributed by atoms with Gasteiger partial charge in [0.25, 0.3) is 0 Å². The molecule has 464 valence electrons. The number of esters is 1. The molecule has 1 saturated heterocycles. The Labute approximate surface area is 494 Å². The van der Waals surface area contributed by atoms with Crippen LogP contribution in [0, 0.1) is 0 Å². The first kappa shape index (κ1) is 75.3. The molecular formula is C70H119NO10. The summed E-state index contributed by atoms with van der Waals surface area (Å²) in [7, 11) is 0. The molecule has 0 radical (unpaired) electrons. The molecule has 1 aliphatic heterocycles. The second kappa shape index (κ2) is 56.8. The van der Waals surface area contributed by atoms with Gasteiger partial charge in [-0.25, -0.2) is 0 Å². The Morgan fingerprint density at radius 3 is 1.36 bits per heavy atom. The second-order valence-electron chi connectivity index (χ2n) is 22.1. The molecule has 1 aliphatic rings. The van der Waals surface area contributed by atoms with Crippen molar-refractivity contribution in [3.05, 3.63) is 109 Å². The summed E-state index contributed by atoms with van der Waals surface area (Å²) in [6, 6.07) is -1.04. The largest absolute Gasteiger partial charge is 0.454 e. The Kier molecular flexibility index (Phi) is 52.8. The fourth-order valence-electron chi connectivity index (χ4n) is 9.51. The van der Waals surface area contributed by atoms with Gasteiger partial charge in [0.1, 0.15) is 24.4 Å². The van der Waals surface area contributed by atoms with Gasteiger partial charge in [-0.1, -0.05) is 252 Å². The van der Waals surface area contributed by atoms with Crippen LogP contribution in [0.5, 0.6) is 0 Å². The maximum Gasteiger partial charge on any atom is 0.306 e. The van der Waals surface area contributed by atoms with Crippen molar-refractivity contribution in [2.24, 2.45) is 0 Å². The number of aliphatic hydroxyl groups is 5. The van der Waals surface area contributed by atoms with Crippen LogP contribution in [-0.4, -0.2) is 99.6 Å². The Hall–Kier alpha value is -3.68. The third-order valence-electron chi connectivity index (χ3n) is 14.7. The van der Waals surface area contributed by atoms with E-state index in [9.17, 15) is 35.1 Å². The highest BCUT2D eigenvalue weighted by molar-refractivity contribution is 5.80. The number of allylic oxidation sites excluding steroid dienone is 17. The molecule has 1 fully saturated rings. The van der Waals surface area contributed by atoms with Gasteiger partial charge < -0.3 is 45.1 Å². The van der Waals surface area contributed by atoms with Crippen LogP contribution in [0.3, 0.4) is 0 Å². The van der Waals surface area contributed by atoms with Gasteiger partial charge in [0.15, 0.2) is 12.4 Å². The molecule has 0 aromatic rings. The standard InChI is InChI=1S/C70H119NO10/c1-4-7-10-13-16-19-22-24-26-28-30-32-34-36-38-40-43-46-49-52-55-58-65(75)81-68-67(77)66(76)64(59-72)80-70(68)79-60-61(62(73)56-53-50-47-44-41-21-18-15-12-9-6-3)71-69(78)63(74)57-54-51-48-45-42-39-37-35-33-31-29-27-25-23-20-17-14-11-8-5-2/h8,11,16-17,19-20,24-27,30-33,37,39,53,56,61-64,66-68,70,72-74,76-77H,4-7,9-10,12-15,18,21-23,28-29,34-36,38,40-52,54-55,57-60H2,1-3H3,(H,71,78)/b11-8-,19-16-,20-17-,26-24-,27-25-,32-30-,33-31-,39-37-,56-53+. The van der Waals surface area contributed by atoms with E-state index in [4.69, 9.17) is 14.2 Å². The van der Waals surface area contributed by atoms with Crippen LogP contribution in [0.4, 0.5) is 0 Å². The molecule has 0 aromatic carbocycles. The Balaban J connectivity index is 2.65. The Morgan fingerprint density at radius 1 is 0.494 bits per heavy atom. The average molecular weight is 1130 g/mol. The van der Waals surface area contributed by atoms with Gasteiger partial charge >= 0.3 is 5.97 Å². The third-order valence-corrected chi connectivity index (χ3v) is 14.7. The SMILES string of the molecule is CC/C=C\C/C=C\C/C=C\C/C=C\C/C=C\CCCCCCC(O)C(=O)NC(COC1OC(CO)C(O)C(O)C1OC(=O)CCCCCCCCCC/C=C\C/C=C\C/C=C\CCCCC)C(O)/C=C/CCCCCCCCCCC. The first-order valence-corrected chi connectivity index (χ1v) is 32.7. The van der Waals surface area contributed by atoms with Gasteiger partial charge in [0.2, 0.25) is 5.91 Å². The fourth-order valence-corrected chi connectivity index (χ4v) is 9.51. The molecule has 0 bridgehead atoms. The summed E-state index contributed by atoms with van der Waals surface area (Å²) in [5.74, 6) is -1.23. The fraction of sp³-hybridized carbons (Fsp3) is 0.714. The van der Waals surface area contributed by atoms with Crippen molar-refractivity contribution in [3.8, 4) is 0 Å². The van der Waals surface area contributed by atoms with Crippen molar-refractivity contribution < 1.29 is 49.3 Å². The molecule has 0 aromatic heterocycles. The topological polar surface area (TPSA) is 175 Å². The van der Waals surface area contributed by atoms with Crippen LogP contribution in [0.25, 0.3) is 0 Å². The van der Waals surface area contributed by atoms with Gasteiger partial charge in [-0.2, -0.15) is 0 Å². The monoisotopic (exact) mass is 1130 g/mol. The summed E-state index contributed by atoms with van der Waals surface area (Å²) in [5, 5.41) is 57.0. The van der Waals surface area contributed by atoms with Crippen molar-refractivity contribution in [3.63, 3.8) is 0 Å². The lowest BCUT2D eigenvalue weighted by Crippen LogP contribution is -2.61.